The SMILES string of the molecule is CCn1c(CN2CCOCC2)nc2c1c(=O)n(C)c(=O)n2C. The third-order valence-electron chi connectivity index (χ3n) is 4.21. The lowest BCUT2D eigenvalue weighted by molar-refractivity contribution is 0.0327. The molecule has 0 saturated carbocycles. The highest BCUT2D eigenvalue weighted by Crippen LogP contribution is 2.13. The molecule has 0 amide bonds. The van der Waals surface area contributed by atoms with Crippen molar-refractivity contribution in [1.82, 2.24) is 23.6 Å². The maximum Gasteiger partial charge on any atom is 0.332 e. The zero-order valence-electron chi connectivity index (χ0n) is 13.2. The second-order valence-electron chi connectivity index (χ2n) is 5.54. The zero-order valence-corrected chi connectivity index (χ0v) is 13.2. The van der Waals surface area contributed by atoms with E-state index in [1.54, 1.807) is 7.05 Å². The van der Waals surface area contributed by atoms with Gasteiger partial charge in [0.25, 0.3) is 5.56 Å². The first-order valence-electron chi connectivity index (χ1n) is 7.49. The summed E-state index contributed by atoms with van der Waals surface area (Å²) in [7, 11) is 3.15. The van der Waals surface area contributed by atoms with Gasteiger partial charge in [-0.1, -0.05) is 0 Å². The topological polar surface area (TPSA) is 74.3 Å². The average molecular weight is 307 g/mol. The quantitative estimate of drug-likeness (QED) is 0.748. The smallest absolute Gasteiger partial charge is 0.332 e. The number of aromatic nitrogens is 4. The van der Waals surface area contributed by atoms with Crippen LogP contribution in [-0.4, -0.2) is 49.9 Å². The van der Waals surface area contributed by atoms with Gasteiger partial charge in [-0.05, 0) is 6.92 Å². The molecule has 3 heterocycles. The molecule has 0 N–H and O–H groups in total. The van der Waals surface area contributed by atoms with Crippen LogP contribution >= 0.6 is 0 Å². The first-order valence-corrected chi connectivity index (χ1v) is 7.49. The molecule has 2 aromatic heterocycles. The van der Waals surface area contributed by atoms with E-state index in [1.807, 2.05) is 11.5 Å². The van der Waals surface area contributed by atoms with Crippen molar-refractivity contribution in [3.05, 3.63) is 26.7 Å². The summed E-state index contributed by atoms with van der Waals surface area (Å²) in [6, 6.07) is 0. The third-order valence-corrected chi connectivity index (χ3v) is 4.21. The minimum atomic E-state index is -0.351. The number of morpholine rings is 1. The molecular weight excluding hydrogens is 286 g/mol. The molecule has 8 nitrogen and oxygen atoms in total. The van der Waals surface area contributed by atoms with Gasteiger partial charge in [-0.25, -0.2) is 9.78 Å². The van der Waals surface area contributed by atoms with Gasteiger partial charge in [0.05, 0.1) is 19.8 Å². The summed E-state index contributed by atoms with van der Waals surface area (Å²) >= 11 is 0. The van der Waals surface area contributed by atoms with Gasteiger partial charge >= 0.3 is 5.69 Å². The first-order chi connectivity index (χ1) is 10.5. The maximum atomic E-state index is 12.4. The fraction of sp³-hybridized carbons (Fsp3) is 0.643. The molecule has 1 saturated heterocycles. The zero-order chi connectivity index (χ0) is 15.9. The Labute approximate surface area is 127 Å². The number of hydrogen-bond donors (Lipinski definition) is 0. The van der Waals surface area contributed by atoms with Crippen LogP contribution in [0.5, 0.6) is 0 Å². The van der Waals surface area contributed by atoms with E-state index in [0.29, 0.717) is 37.5 Å². The van der Waals surface area contributed by atoms with Crippen LogP contribution in [0, 0.1) is 0 Å². The van der Waals surface area contributed by atoms with Crippen LogP contribution < -0.4 is 11.2 Å². The molecule has 22 heavy (non-hydrogen) atoms. The summed E-state index contributed by atoms with van der Waals surface area (Å²) in [6.45, 7) is 6.41. The Morgan fingerprint density at radius 2 is 1.82 bits per heavy atom. The number of hydrogen-bond acceptors (Lipinski definition) is 5. The lowest BCUT2D eigenvalue weighted by atomic mass is 10.4. The Hall–Kier alpha value is -1.93. The summed E-state index contributed by atoms with van der Waals surface area (Å²) < 4.78 is 9.83. The second kappa shape index (κ2) is 5.69. The Morgan fingerprint density at radius 1 is 1.14 bits per heavy atom. The molecule has 2 aromatic rings. The van der Waals surface area contributed by atoms with Gasteiger partial charge in [0.1, 0.15) is 5.82 Å². The number of imidazole rings is 1. The van der Waals surface area contributed by atoms with E-state index in [4.69, 9.17) is 4.74 Å². The van der Waals surface area contributed by atoms with Gasteiger partial charge < -0.3 is 9.30 Å². The van der Waals surface area contributed by atoms with Crippen LogP contribution in [0.2, 0.25) is 0 Å². The minimum Gasteiger partial charge on any atom is -0.379 e. The van der Waals surface area contributed by atoms with Crippen LogP contribution in [0.1, 0.15) is 12.7 Å². The fourth-order valence-corrected chi connectivity index (χ4v) is 2.91. The molecule has 1 aliphatic heterocycles. The Kier molecular flexibility index (Phi) is 3.88. The van der Waals surface area contributed by atoms with Crippen molar-refractivity contribution >= 4 is 11.2 Å². The second-order valence-corrected chi connectivity index (χ2v) is 5.54. The number of rotatable bonds is 3. The van der Waals surface area contributed by atoms with Crippen molar-refractivity contribution < 1.29 is 4.74 Å². The van der Waals surface area contributed by atoms with E-state index in [2.05, 4.69) is 9.88 Å². The molecule has 0 radical (unpaired) electrons. The normalized spacial score (nSPS) is 16.5. The monoisotopic (exact) mass is 307 g/mol. The maximum absolute atomic E-state index is 12.4. The van der Waals surface area contributed by atoms with Crippen LogP contribution in [0.25, 0.3) is 11.2 Å². The molecule has 1 fully saturated rings. The van der Waals surface area contributed by atoms with Crippen LogP contribution in [0.15, 0.2) is 9.59 Å². The summed E-state index contributed by atoms with van der Waals surface area (Å²) in [5.74, 6) is 0.817. The van der Waals surface area contributed by atoms with Crippen molar-refractivity contribution in [3.8, 4) is 0 Å². The lowest BCUT2D eigenvalue weighted by Crippen LogP contribution is -2.37. The number of ether oxygens (including phenoxy) is 1. The molecular formula is C14H21N5O3. The third kappa shape index (κ3) is 2.28. The van der Waals surface area contributed by atoms with Crippen LogP contribution in [0.4, 0.5) is 0 Å². The highest BCUT2D eigenvalue weighted by molar-refractivity contribution is 5.71. The Balaban J connectivity index is 2.15. The standard InChI is InChI=1S/C14H21N5O3/c1-4-19-10(9-18-5-7-22-8-6-18)15-12-11(19)13(20)17(3)14(21)16(12)2/h4-9H2,1-3H3. The van der Waals surface area contributed by atoms with E-state index in [9.17, 15) is 9.59 Å². The van der Waals surface area contributed by atoms with Gasteiger partial charge in [-0.15, -0.1) is 0 Å². The predicted molar refractivity (Wildman–Crippen MR) is 82.0 cm³/mol. The van der Waals surface area contributed by atoms with E-state index in [-0.39, 0.29) is 11.2 Å². The molecule has 3 rings (SSSR count). The van der Waals surface area contributed by atoms with Gasteiger partial charge in [0.15, 0.2) is 11.2 Å². The highest BCUT2D eigenvalue weighted by Gasteiger charge is 2.20. The Morgan fingerprint density at radius 3 is 2.45 bits per heavy atom. The fourth-order valence-electron chi connectivity index (χ4n) is 2.91. The minimum absolute atomic E-state index is 0.291. The molecule has 0 aliphatic carbocycles. The molecule has 0 bridgehead atoms. The summed E-state index contributed by atoms with van der Waals surface area (Å²) in [5.41, 5.74) is 0.311. The van der Waals surface area contributed by atoms with Gasteiger partial charge in [-0.3, -0.25) is 18.8 Å². The van der Waals surface area contributed by atoms with Crippen molar-refractivity contribution in [2.75, 3.05) is 26.3 Å². The molecule has 0 aromatic carbocycles. The van der Waals surface area contributed by atoms with Crippen molar-refractivity contribution in [1.29, 1.82) is 0 Å². The van der Waals surface area contributed by atoms with Crippen LogP contribution in [-0.2, 0) is 31.9 Å². The molecule has 120 valence electrons. The van der Waals surface area contributed by atoms with E-state index in [0.717, 1.165) is 23.5 Å². The Bertz CT molecular complexity index is 810. The van der Waals surface area contributed by atoms with E-state index < -0.39 is 0 Å². The molecule has 8 heteroatoms. The van der Waals surface area contributed by atoms with Crippen LogP contribution in [0.3, 0.4) is 0 Å². The molecule has 1 aliphatic rings. The van der Waals surface area contributed by atoms with E-state index in [1.165, 1.54) is 11.6 Å². The van der Waals surface area contributed by atoms with Gasteiger partial charge in [0.2, 0.25) is 0 Å². The average Bonchev–Trinajstić information content (AvgIpc) is 2.90. The predicted octanol–water partition coefficient (Wildman–Crippen LogP) is -0.714. The molecule has 0 spiro atoms. The van der Waals surface area contributed by atoms with Crippen molar-refractivity contribution in [2.24, 2.45) is 14.1 Å². The first kappa shape index (κ1) is 15.0. The lowest BCUT2D eigenvalue weighted by Gasteiger charge is -2.26. The largest absolute Gasteiger partial charge is 0.379 e. The van der Waals surface area contributed by atoms with Gasteiger partial charge in [-0.2, -0.15) is 0 Å². The molecule has 0 unspecified atom stereocenters. The number of nitrogens with zero attached hydrogens (tertiary/aromatic N) is 5. The van der Waals surface area contributed by atoms with Crippen molar-refractivity contribution in [2.45, 2.75) is 20.0 Å². The summed E-state index contributed by atoms with van der Waals surface area (Å²) in [5, 5.41) is 0. The number of aryl methyl sites for hydroxylation is 2. The van der Waals surface area contributed by atoms with Crippen molar-refractivity contribution in [3.63, 3.8) is 0 Å². The van der Waals surface area contributed by atoms with Gasteiger partial charge in [0, 0.05) is 33.7 Å². The highest BCUT2D eigenvalue weighted by atomic mass is 16.5. The summed E-state index contributed by atoms with van der Waals surface area (Å²) in [4.78, 5) is 31.3. The van der Waals surface area contributed by atoms with E-state index >= 15 is 0 Å². The molecule has 0 atom stereocenters. The number of fused-ring (bicyclic) bond motifs is 1. The summed E-state index contributed by atoms with van der Waals surface area (Å²) in [6.07, 6.45) is 0.